The number of ether oxygens (including phenoxy) is 1. The minimum Gasteiger partial charge on any atom is -0.495 e. The van der Waals surface area contributed by atoms with Crippen LogP contribution in [0.25, 0.3) is 11.3 Å². The molecule has 3 rings (SSSR count). The highest BCUT2D eigenvalue weighted by molar-refractivity contribution is 5.75. The van der Waals surface area contributed by atoms with Gasteiger partial charge in [0.2, 0.25) is 5.82 Å². The van der Waals surface area contributed by atoms with E-state index in [2.05, 4.69) is 36.1 Å². The van der Waals surface area contributed by atoms with Crippen molar-refractivity contribution in [2.75, 3.05) is 12.4 Å². The molecule has 2 N–H and O–H groups in total. The Balaban J connectivity index is 1.92. The van der Waals surface area contributed by atoms with Crippen LogP contribution in [0, 0.1) is 11.3 Å². The van der Waals surface area contributed by atoms with Crippen molar-refractivity contribution in [1.82, 2.24) is 35.4 Å². The summed E-state index contributed by atoms with van der Waals surface area (Å²) in [6.45, 7) is 0. The zero-order valence-electron chi connectivity index (χ0n) is 12.0. The number of allylic oxidation sites excluding steroid dienone is 1. The van der Waals surface area contributed by atoms with Gasteiger partial charge in [0.1, 0.15) is 30.0 Å². The lowest BCUT2D eigenvalue weighted by atomic mass is 10.2. The first-order chi connectivity index (χ1) is 11.3. The van der Waals surface area contributed by atoms with Crippen LogP contribution in [-0.4, -0.2) is 42.5 Å². The van der Waals surface area contributed by atoms with Crippen LogP contribution in [0.4, 0.5) is 5.69 Å². The molecule has 3 aromatic rings. The fourth-order valence-corrected chi connectivity index (χ4v) is 1.88. The van der Waals surface area contributed by atoms with Gasteiger partial charge < -0.3 is 10.1 Å². The number of anilines is 1. The molecule has 0 amide bonds. The monoisotopic (exact) mass is 309 g/mol. The molecule has 0 aliphatic rings. The average Bonchev–Trinajstić information content (AvgIpc) is 3.29. The Morgan fingerprint density at radius 1 is 1.39 bits per heavy atom. The van der Waals surface area contributed by atoms with Gasteiger partial charge in [0.25, 0.3) is 0 Å². The Morgan fingerprint density at radius 3 is 2.87 bits per heavy atom. The van der Waals surface area contributed by atoms with E-state index in [0.717, 1.165) is 5.69 Å². The smallest absolute Gasteiger partial charge is 0.216 e. The molecule has 1 aromatic carbocycles. The summed E-state index contributed by atoms with van der Waals surface area (Å²) in [4.78, 5) is 0. The summed E-state index contributed by atoms with van der Waals surface area (Å²) in [5.74, 6) is 0.817. The highest BCUT2D eigenvalue weighted by atomic mass is 16.5. The maximum atomic E-state index is 9.18. The first-order valence-electron chi connectivity index (χ1n) is 6.45. The Kier molecular flexibility index (Phi) is 3.92. The van der Waals surface area contributed by atoms with Crippen molar-refractivity contribution in [3.8, 4) is 17.5 Å². The van der Waals surface area contributed by atoms with Crippen molar-refractivity contribution in [3.63, 3.8) is 0 Å². The number of aromatic amines is 1. The minimum absolute atomic E-state index is 0.203. The highest BCUT2D eigenvalue weighted by Crippen LogP contribution is 2.27. The molecule has 10 heteroatoms. The van der Waals surface area contributed by atoms with Crippen molar-refractivity contribution in [2.45, 2.75) is 0 Å². The second-order valence-corrected chi connectivity index (χ2v) is 4.30. The van der Waals surface area contributed by atoms with Gasteiger partial charge in [-0.3, -0.25) is 4.57 Å². The molecule has 114 valence electrons. The van der Waals surface area contributed by atoms with Gasteiger partial charge in [0.15, 0.2) is 0 Å². The third-order valence-corrected chi connectivity index (χ3v) is 2.98. The largest absolute Gasteiger partial charge is 0.495 e. The number of nitrogens with one attached hydrogen (secondary N) is 2. The lowest BCUT2D eigenvalue weighted by Crippen LogP contribution is -1.98. The molecule has 0 saturated heterocycles. The van der Waals surface area contributed by atoms with Gasteiger partial charge in [0, 0.05) is 6.20 Å². The van der Waals surface area contributed by atoms with E-state index in [1.54, 1.807) is 30.4 Å². The number of H-pyrrole nitrogens is 1. The maximum absolute atomic E-state index is 9.18. The summed E-state index contributed by atoms with van der Waals surface area (Å²) in [5.41, 5.74) is 1.73. The van der Waals surface area contributed by atoms with Crippen LogP contribution >= 0.6 is 0 Å². The molecule has 0 bridgehead atoms. The van der Waals surface area contributed by atoms with E-state index < -0.39 is 0 Å². The number of nitriles is 1. The topological polar surface area (TPSA) is 130 Å². The zero-order valence-corrected chi connectivity index (χ0v) is 12.0. The number of benzene rings is 1. The van der Waals surface area contributed by atoms with E-state index in [-0.39, 0.29) is 11.4 Å². The van der Waals surface area contributed by atoms with Crippen LogP contribution in [0.5, 0.6) is 5.75 Å². The van der Waals surface area contributed by atoms with Gasteiger partial charge >= 0.3 is 0 Å². The number of methoxy groups -OCH3 is 1. The molecule has 0 unspecified atom stereocenters. The van der Waals surface area contributed by atoms with Crippen molar-refractivity contribution >= 4 is 11.3 Å². The first kappa shape index (κ1) is 14.2. The van der Waals surface area contributed by atoms with E-state index in [4.69, 9.17) is 4.74 Å². The van der Waals surface area contributed by atoms with Gasteiger partial charge in [0.05, 0.1) is 18.5 Å². The summed E-state index contributed by atoms with van der Waals surface area (Å²) >= 11 is 0. The zero-order chi connectivity index (χ0) is 16.1. The molecule has 0 aliphatic carbocycles. The van der Waals surface area contributed by atoms with Crippen LogP contribution in [0.2, 0.25) is 0 Å². The third-order valence-electron chi connectivity index (χ3n) is 2.98. The number of aromatic nitrogens is 7. The van der Waals surface area contributed by atoms with Gasteiger partial charge in [-0.05, 0) is 23.4 Å². The Labute approximate surface area is 130 Å². The number of tetrazole rings is 1. The fourth-order valence-electron chi connectivity index (χ4n) is 1.88. The van der Waals surface area contributed by atoms with E-state index in [9.17, 15) is 5.26 Å². The van der Waals surface area contributed by atoms with Gasteiger partial charge in [-0.2, -0.15) is 10.5 Å². The van der Waals surface area contributed by atoms with Crippen LogP contribution in [0.3, 0.4) is 0 Å². The average molecular weight is 309 g/mol. The minimum atomic E-state index is 0.203. The van der Waals surface area contributed by atoms with Gasteiger partial charge in [-0.25, -0.2) is 0 Å². The standard InChI is InChI=1S/C13H11N9O/c1-23-12-3-2-10(22-7-16-17-8-22)4-11(12)15-6-9(5-14)13-18-20-21-19-13/h2-4,6-8,15H,1H3,(H,18,19,20,21). The molecular weight excluding hydrogens is 298 g/mol. The lowest BCUT2D eigenvalue weighted by Gasteiger charge is -2.11. The summed E-state index contributed by atoms with van der Waals surface area (Å²) in [6, 6.07) is 7.50. The molecule has 2 aromatic heterocycles. The Hall–Kier alpha value is -3.74. The summed E-state index contributed by atoms with van der Waals surface area (Å²) < 4.78 is 7.06. The molecule has 0 atom stereocenters. The van der Waals surface area contributed by atoms with Crippen LogP contribution in [0.1, 0.15) is 5.82 Å². The molecule has 23 heavy (non-hydrogen) atoms. The summed E-state index contributed by atoms with van der Waals surface area (Å²) in [7, 11) is 1.56. The molecule has 0 aliphatic heterocycles. The first-order valence-corrected chi connectivity index (χ1v) is 6.45. The summed E-state index contributed by atoms with van der Waals surface area (Å²) in [6.07, 6.45) is 4.65. The molecule has 0 saturated carbocycles. The predicted molar refractivity (Wildman–Crippen MR) is 79.3 cm³/mol. The fraction of sp³-hybridized carbons (Fsp3) is 0.0769. The predicted octanol–water partition coefficient (Wildman–Crippen LogP) is 0.766. The molecule has 0 spiro atoms. The van der Waals surface area contributed by atoms with Crippen LogP contribution < -0.4 is 10.1 Å². The molecular formula is C13H11N9O. The van der Waals surface area contributed by atoms with E-state index in [1.807, 2.05) is 18.2 Å². The Morgan fingerprint density at radius 2 is 2.22 bits per heavy atom. The van der Waals surface area contributed by atoms with Gasteiger partial charge in [-0.1, -0.05) is 0 Å². The SMILES string of the molecule is COc1ccc(-n2cnnc2)cc1NC=C(C#N)c1nn[nH]n1. The third kappa shape index (κ3) is 2.98. The quantitative estimate of drug-likeness (QED) is 0.661. The van der Waals surface area contributed by atoms with Crippen molar-refractivity contribution < 1.29 is 4.74 Å². The second kappa shape index (κ2) is 6.35. The normalized spacial score (nSPS) is 11.0. The molecule has 0 radical (unpaired) electrons. The van der Waals surface area contributed by atoms with Crippen molar-refractivity contribution in [2.24, 2.45) is 0 Å². The van der Waals surface area contributed by atoms with E-state index >= 15 is 0 Å². The summed E-state index contributed by atoms with van der Waals surface area (Å²) in [5, 5.41) is 33.0. The number of rotatable bonds is 5. The highest BCUT2D eigenvalue weighted by Gasteiger charge is 2.08. The number of nitrogens with zero attached hydrogens (tertiary/aromatic N) is 7. The second-order valence-electron chi connectivity index (χ2n) is 4.30. The number of hydrogen-bond donors (Lipinski definition) is 2. The molecule has 0 fully saturated rings. The lowest BCUT2D eigenvalue weighted by molar-refractivity contribution is 0.416. The molecule has 2 heterocycles. The van der Waals surface area contributed by atoms with Crippen LogP contribution in [0.15, 0.2) is 37.1 Å². The Bertz CT molecular complexity index is 846. The van der Waals surface area contributed by atoms with E-state index in [0.29, 0.717) is 11.4 Å². The van der Waals surface area contributed by atoms with E-state index in [1.165, 1.54) is 6.20 Å². The maximum Gasteiger partial charge on any atom is 0.216 e. The van der Waals surface area contributed by atoms with Gasteiger partial charge in [-0.15, -0.1) is 20.4 Å². The molecule has 10 nitrogen and oxygen atoms in total. The van der Waals surface area contributed by atoms with Crippen molar-refractivity contribution in [3.05, 3.63) is 42.9 Å². The van der Waals surface area contributed by atoms with Crippen LogP contribution in [-0.2, 0) is 0 Å². The number of hydrogen-bond acceptors (Lipinski definition) is 8. The van der Waals surface area contributed by atoms with Crippen molar-refractivity contribution in [1.29, 1.82) is 5.26 Å².